The minimum Gasteiger partial charge on any atom is -0.467 e. The molecule has 0 heterocycles. The zero-order valence-electron chi connectivity index (χ0n) is 18.9. The molecule has 0 aromatic rings. The molecule has 0 aliphatic heterocycles. The summed E-state index contributed by atoms with van der Waals surface area (Å²) in [6.45, 7) is 8.73. The second-order valence-electron chi connectivity index (χ2n) is 9.88. The van der Waals surface area contributed by atoms with Crippen LogP contribution in [-0.4, -0.2) is 25.0 Å². The quantitative estimate of drug-likeness (QED) is 0.623. The van der Waals surface area contributed by atoms with Gasteiger partial charge in [-0.1, -0.05) is 58.3 Å². The van der Waals surface area contributed by atoms with Gasteiger partial charge >= 0.3 is 5.97 Å². The summed E-state index contributed by atoms with van der Waals surface area (Å²) in [7, 11) is 1.39. The van der Waals surface area contributed by atoms with E-state index in [1.807, 2.05) is 6.92 Å². The maximum Gasteiger partial charge on any atom is 0.328 e. The summed E-state index contributed by atoms with van der Waals surface area (Å²) in [5.41, 5.74) is 2.68. The second kappa shape index (κ2) is 9.06. The van der Waals surface area contributed by atoms with Crippen LogP contribution in [0.4, 0.5) is 0 Å². The van der Waals surface area contributed by atoms with Gasteiger partial charge in [0.1, 0.15) is 6.04 Å². The van der Waals surface area contributed by atoms with E-state index in [2.05, 4.69) is 38.2 Å². The van der Waals surface area contributed by atoms with Crippen molar-refractivity contribution < 1.29 is 14.3 Å². The maximum atomic E-state index is 13.4. The molecule has 1 N–H and O–H groups in total. The molecule has 4 nitrogen and oxygen atoms in total. The fourth-order valence-electron chi connectivity index (χ4n) is 6.04. The predicted molar refractivity (Wildman–Crippen MR) is 116 cm³/mol. The minimum absolute atomic E-state index is 0.0436. The Morgan fingerprint density at radius 2 is 2.07 bits per heavy atom. The molecule has 5 atom stereocenters. The molecule has 0 aromatic heterocycles. The number of methoxy groups -OCH3 is 1. The highest BCUT2D eigenvalue weighted by Gasteiger charge is 2.51. The van der Waals surface area contributed by atoms with Crippen LogP contribution in [-0.2, 0) is 14.3 Å². The first-order chi connectivity index (χ1) is 13.8. The Hall–Kier alpha value is -1.58. The molecule has 0 radical (unpaired) electrons. The monoisotopic (exact) mass is 401 g/mol. The molecule has 162 valence electrons. The number of rotatable bonds is 6. The molecule has 1 saturated carbocycles. The van der Waals surface area contributed by atoms with Crippen LogP contribution in [0.3, 0.4) is 0 Å². The average Bonchev–Trinajstić information content (AvgIpc) is 2.72. The summed E-state index contributed by atoms with van der Waals surface area (Å²) in [5, 5.41) is 3.06. The molecule has 3 aliphatic rings. The summed E-state index contributed by atoms with van der Waals surface area (Å²) >= 11 is 0. The number of esters is 1. The van der Waals surface area contributed by atoms with Crippen LogP contribution in [0.5, 0.6) is 0 Å². The summed E-state index contributed by atoms with van der Waals surface area (Å²) in [6.07, 6.45) is 12.9. The van der Waals surface area contributed by atoms with Crippen LogP contribution >= 0.6 is 0 Å². The highest BCUT2D eigenvalue weighted by atomic mass is 16.5. The van der Waals surface area contributed by atoms with Gasteiger partial charge in [-0.15, -0.1) is 0 Å². The molecule has 1 amide bonds. The topological polar surface area (TPSA) is 55.4 Å². The lowest BCUT2D eigenvalue weighted by molar-refractivity contribution is -0.149. The number of allylic oxidation sites excluding steroid dienone is 4. The summed E-state index contributed by atoms with van der Waals surface area (Å²) < 4.78 is 4.92. The first-order valence-corrected chi connectivity index (χ1v) is 11.6. The fraction of sp³-hybridized carbons (Fsp3) is 0.760. The first-order valence-electron chi connectivity index (χ1n) is 11.6. The van der Waals surface area contributed by atoms with Gasteiger partial charge in [0.15, 0.2) is 0 Å². The third-order valence-corrected chi connectivity index (χ3v) is 7.85. The van der Waals surface area contributed by atoms with Crippen LogP contribution in [0.1, 0.15) is 79.1 Å². The zero-order valence-corrected chi connectivity index (χ0v) is 18.9. The normalized spacial score (nSPS) is 32.4. The van der Waals surface area contributed by atoms with Crippen LogP contribution < -0.4 is 5.32 Å². The van der Waals surface area contributed by atoms with Gasteiger partial charge in [0.05, 0.1) is 7.11 Å². The Labute approximate surface area is 176 Å². The molecule has 0 bridgehead atoms. The van der Waals surface area contributed by atoms with Gasteiger partial charge in [-0.05, 0) is 67.8 Å². The Bertz CT molecular complexity index is 692. The van der Waals surface area contributed by atoms with Crippen molar-refractivity contribution in [3.8, 4) is 0 Å². The van der Waals surface area contributed by atoms with Crippen molar-refractivity contribution in [1.82, 2.24) is 5.32 Å². The van der Waals surface area contributed by atoms with Crippen LogP contribution in [0.15, 0.2) is 23.3 Å². The molecule has 29 heavy (non-hydrogen) atoms. The number of ether oxygens (including phenoxy) is 1. The van der Waals surface area contributed by atoms with Crippen LogP contribution in [0, 0.1) is 29.1 Å². The van der Waals surface area contributed by atoms with Crippen molar-refractivity contribution in [1.29, 1.82) is 0 Å². The lowest BCUT2D eigenvalue weighted by atomic mass is 9.53. The highest BCUT2D eigenvalue weighted by molar-refractivity contribution is 5.88. The molecule has 1 fully saturated rings. The maximum absolute atomic E-state index is 13.4. The van der Waals surface area contributed by atoms with Gasteiger partial charge in [0.2, 0.25) is 5.91 Å². The van der Waals surface area contributed by atoms with E-state index in [4.69, 9.17) is 4.74 Å². The molecule has 0 unspecified atom stereocenters. The third kappa shape index (κ3) is 4.32. The molecule has 0 aromatic carbocycles. The summed E-state index contributed by atoms with van der Waals surface area (Å²) in [5.74, 6) is 1.86. The Morgan fingerprint density at radius 3 is 2.72 bits per heavy atom. The summed E-state index contributed by atoms with van der Waals surface area (Å²) in [4.78, 5) is 25.6. The predicted octanol–water partition coefficient (Wildman–Crippen LogP) is 5.19. The first kappa shape index (κ1) is 22.1. The molecule has 3 rings (SSSR count). The number of carbonyl (C=O) groups excluding carboxylic acids is 2. The van der Waals surface area contributed by atoms with E-state index >= 15 is 0 Å². The van der Waals surface area contributed by atoms with E-state index < -0.39 is 11.5 Å². The van der Waals surface area contributed by atoms with Crippen molar-refractivity contribution in [2.75, 3.05) is 7.11 Å². The SMILES string of the molecule is CCC[C@H](NC(=O)[C@]1(C)CCC[C@H]2[C@H]1CC=C1C=C(C(C)C)CC[C@@H]12)C(=O)OC. The molecular weight excluding hydrogens is 362 g/mol. The van der Waals surface area contributed by atoms with Gasteiger partial charge in [0.25, 0.3) is 0 Å². The molecule has 3 aliphatic carbocycles. The number of hydrogen-bond donors (Lipinski definition) is 1. The van der Waals surface area contributed by atoms with Gasteiger partial charge < -0.3 is 10.1 Å². The van der Waals surface area contributed by atoms with Crippen molar-refractivity contribution in [2.24, 2.45) is 29.1 Å². The third-order valence-electron chi connectivity index (χ3n) is 7.85. The number of carbonyl (C=O) groups is 2. The fourth-order valence-corrected chi connectivity index (χ4v) is 6.04. The number of amides is 1. The molecule has 4 heteroatoms. The van der Waals surface area contributed by atoms with Gasteiger partial charge in [-0.3, -0.25) is 4.79 Å². The van der Waals surface area contributed by atoms with E-state index in [1.165, 1.54) is 31.9 Å². The molecule has 0 saturated heterocycles. The van der Waals surface area contributed by atoms with Crippen LogP contribution in [0.2, 0.25) is 0 Å². The van der Waals surface area contributed by atoms with E-state index in [1.54, 1.807) is 5.57 Å². The zero-order chi connectivity index (χ0) is 21.2. The number of hydrogen-bond acceptors (Lipinski definition) is 3. The molecular formula is C25H39NO3. The van der Waals surface area contributed by atoms with Crippen molar-refractivity contribution in [3.63, 3.8) is 0 Å². The average molecular weight is 402 g/mol. The largest absolute Gasteiger partial charge is 0.467 e. The Morgan fingerprint density at radius 1 is 1.31 bits per heavy atom. The van der Waals surface area contributed by atoms with Crippen molar-refractivity contribution in [2.45, 2.75) is 85.1 Å². The van der Waals surface area contributed by atoms with E-state index in [9.17, 15) is 9.59 Å². The van der Waals surface area contributed by atoms with Crippen molar-refractivity contribution in [3.05, 3.63) is 23.3 Å². The lowest BCUT2D eigenvalue weighted by Gasteiger charge is -2.51. The van der Waals surface area contributed by atoms with Crippen molar-refractivity contribution >= 4 is 11.9 Å². The van der Waals surface area contributed by atoms with E-state index in [-0.39, 0.29) is 11.9 Å². The second-order valence-corrected chi connectivity index (χ2v) is 9.88. The van der Waals surface area contributed by atoms with E-state index in [0.717, 1.165) is 25.7 Å². The lowest BCUT2D eigenvalue weighted by Crippen LogP contribution is -2.54. The molecule has 0 spiro atoms. The van der Waals surface area contributed by atoms with Gasteiger partial charge in [0, 0.05) is 5.41 Å². The Kier molecular flexibility index (Phi) is 6.90. The van der Waals surface area contributed by atoms with E-state index in [0.29, 0.717) is 30.1 Å². The smallest absolute Gasteiger partial charge is 0.328 e. The van der Waals surface area contributed by atoms with Crippen LogP contribution in [0.25, 0.3) is 0 Å². The standard InChI is InChI=1S/C25H39NO3/c1-6-8-22(23(27)29-5)26-24(28)25(4)14-7-9-20-19-12-10-17(16(2)3)15-18(19)11-13-21(20)25/h11,15-16,19-22H,6-10,12-14H2,1-5H3,(H,26,28)/t19-,20+,21+,22-,25+/m0/s1. The highest BCUT2D eigenvalue weighted by Crippen LogP contribution is 2.55. The Balaban J connectivity index is 1.81. The minimum atomic E-state index is -0.532. The number of fused-ring (bicyclic) bond motifs is 3. The summed E-state index contributed by atoms with van der Waals surface area (Å²) in [6, 6.07) is -0.532. The van der Waals surface area contributed by atoms with Gasteiger partial charge in [-0.25, -0.2) is 4.79 Å². The van der Waals surface area contributed by atoms with Gasteiger partial charge in [-0.2, -0.15) is 0 Å². The number of nitrogens with one attached hydrogen (secondary N) is 1.